The second-order valence-corrected chi connectivity index (χ2v) is 4.89. The Morgan fingerprint density at radius 2 is 1.07 bits per heavy atom. The van der Waals surface area contributed by atoms with Crippen LogP contribution in [0.5, 0.6) is 0 Å². The summed E-state index contributed by atoms with van der Waals surface area (Å²) in [7, 11) is 0. The highest BCUT2D eigenvalue weighted by Crippen LogP contribution is 2.26. The average molecular weight is 214 g/mol. The van der Waals surface area contributed by atoms with Crippen LogP contribution >= 0.6 is 0 Å². The molecule has 0 spiro atoms. The van der Waals surface area contributed by atoms with Gasteiger partial charge in [-0.2, -0.15) is 0 Å². The largest absolute Gasteiger partial charge is 0.0651 e. The SMILES string of the molecule is [2H]C([2H])(C)C1CCCC1.[2H]C([2H])(C)C1CCCCC1. The third-order valence-electron chi connectivity index (χ3n) is 3.78. The van der Waals surface area contributed by atoms with Crippen molar-refractivity contribution < 1.29 is 5.48 Å². The third-order valence-corrected chi connectivity index (χ3v) is 3.78. The first-order valence-corrected chi connectivity index (χ1v) is 6.71. The van der Waals surface area contributed by atoms with Crippen LogP contribution in [0.15, 0.2) is 0 Å². The summed E-state index contributed by atoms with van der Waals surface area (Å²) in [4.78, 5) is 0. The van der Waals surface area contributed by atoms with Crippen molar-refractivity contribution >= 4 is 0 Å². The highest BCUT2D eigenvalue weighted by Gasteiger charge is 2.11. The van der Waals surface area contributed by atoms with E-state index in [1.165, 1.54) is 32.1 Å². The molecule has 2 aliphatic rings. The molecule has 0 aromatic carbocycles. The molecule has 0 radical (unpaired) electrons. The van der Waals surface area contributed by atoms with Crippen LogP contribution in [0.2, 0.25) is 0 Å². The van der Waals surface area contributed by atoms with E-state index in [4.69, 9.17) is 5.48 Å². The molecule has 0 aromatic heterocycles. The lowest BCUT2D eigenvalue weighted by Gasteiger charge is -2.18. The zero-order valence-electron chi connectivity index (χ0n) is 14.5. The molecule has 2 saturated carbocycles. The van der Waals surface area contributed by atoms with Crippen molar-refractivity contribution in [2.75, 3.05) is 0 Å². The smallest absolute Gasteiger partial charge is 0.0267 e. The predicted octanol–water partition coefficient (Wildman–Crippen LogP) is 5.56. The first-order valence-electron chi connectivity index (χ1n) is 8.71. The molecule has 2 aliphatic carbocycles. The zero-order valence-corrected chi connectivity index (χ0v) is 10.5. The lowest BCUT2D eigenvalue weighted by Crippen LogP contribution is -2.03. The van der Waals surface area contributed by atoms with Crippen molar-refractivity contribution in [2.45, 2.75) is 84.4 Å². The summed E-state index contributed by atoms with van der Waals surface area (Å²) >= 11 is 0. The lowest BCUT2D eigenvalue weighted by atomic mass is 9.88. The van der Waals surface area contributed by atoms with E-state index in [9.17, 15) is 0 Å². The molecule has 0 heterocycles. The van der Waals surface area contributed by atoms with Crippen LogP contribution in [0.25, 0.3) is 0 Å². The van der Waals surface area contributed by atoms with Crippen LogP contribution in [0.3, 0.4) is 0 Å². The average Bonchev–Trinajstić information content (AvgIpc) is 2.83. The van der Waals surface area contributed by atoms with Crippen molar-refractivity contribution in [3.05, 3.63) is 0 Å². The number of rotatable bonds is 2. The van der Waals surface area contributed by atoms with Crippen molar-refractivity contribution in [2.24, 2.45) is 11.8 Å². The standard InChI is InChI=1S/C8H16.C7H14/c1-2-8-6-4-3-5-7-8;1-2-7-5-3-4-6-7/h8H,2-7H2,1H3;7H,2-6H2,1H3/i2*2D2. The zero-order chi connectivity index (χ0) is 14.5. The molecule has 0 aromatic rings. The van der Waals surface area contributed by atoms with Gasteiger partial charge < -0.3 is 0 Å². The predicted molar refractivity (Wildman–Crippen MR) is 69.1 cm³/mol. The second-order valence-electron chi connectivity index (χ2n) is 4.89. The Morgan fingerprint density at radius 1 is 0.733 bits per heavy atom. The Labute approximate surface area is 102 Å². The summed E-state index contributed by atoms with van der Waals surface area (Å²) in [6.07, 6.45) is 8.80. The van der Waals surface area contributed by atoms with Gasteiger partial charge in [-0.05, 0) is 11.8 Å². The van der Waals surface area contributed by atoms with E-state index in [1.54, 1.807) is 13.8 Å². The van der Waals surface area contributed by atoms with Crippen LogP contribution in [0, 0.1) is 11.8 Å². The van der Waals surface area contributed by atoms with Gasteiger partial charge in [-0.1, -0.05) is 84.4 Å². The molecule has 0 nitrogen and oxygen atoms in total. The first-order chi connectivity index (χ1) is 8.71. The summed E-state index contributed by atoms with van der Waals surface area (Å²) in [6, 6.07) is 0. The maximum Gasteiger partial charge on any atom is 0.0267 e. The first kappa shape index (κ1) is 8.14. The van der Waals surface area contributed by atoms with Gasteiger partial charge in [0.1, 0.15) is 0 Å². The summed E-state index contributed by atoms with van der Waals surface area (Å²) in [5.74, 6) is 0.679. The van der Waals surface area contributed by atoms with Crippen molar-refractivity contribution in [1.82, 2.24) is 0 Å². The monoisotopic (exact) mass is 214 g/mol. The van der Waals surface area contributed by atoms with Crippen LogP contribution in [-0.2, 0) is 0 Å². The molecular weight excluding hydrogens is 180 g/mol. The molecule has 0 bridgehead atoms. The van der Waals surface area contributed by atoms with Crippen LogP contribution in [-0.4, -0.2) is 0 Å². The molecule has 0 atom stereocenters. The van der Waals surface area contributed by atoms with Crippen molar-refractivity contribution in [3.63, 3.8) is 0 Å². The minimum atomic E-state index is -0.930. The lowest BCUT2D eigenvalue weighted by molar-refractivity contribution is 0.349. The summed E-state index contributed by atoms with van der Waals surface area (Å²) in [6.45, 7) is 3.41. The Kier molecular flexibility index (Phi) is 4.44. The summed E-state index contributed by atoms with van der Waals surface area (Å²) in [5, 5.41) is 0. The fourth-order valence-electron chi connectivity index (χ4n) is 2.61. The normalized spacial score (nSPS) is 29.5. The van der Waals surface area contributed by atoms with E-state index in [2.05, 4.69) is 0 Å². The van der Waals surface area contributed by atoms with Crippen molar-refractivity contribution in [3.8, 4) is 0 Å². The quantitative estimate of drug-likeness (QED) is 0.564. The van der Waals surface area contributed by atoms with Gasteiger partial charge in [0.05, 0.1) is 0 Å². The number of hydrogen-bond donors (Lipinski definition) is 0. The molecule has 0 aliphatic heterocycles. The van der Waals surface area contributed by atoms with Gasteiger partial charge in [0.25, 0.3) is 0 Å². The maximum atomic E-state index is 7.49. The fourth-order valence-corrected chi connectivity index (χ4v) is 2.61. The minimum Gasteiger partial charge on any atom is -0.0651 e. The van der Waals surface area contributed by atoms with E-state index in [0.717, 1.165) is 25.7 Å². The molecule has 2 fully saturated rings. The summed E-state index contributed by atoms with van der Waals surface area (Å²) < 4.78 is 29.8. The van der Waals surface area contributed by atoms with Gasteiger partial charge in [0, 0.05) is 5.48 Å². The molecule has 0 unspecified atom stereocenters. The second kappa shape index (κ2) is 8.19. The van der Waals surface area contributed by atoms with Gasteiger partial charge in [0.2, 0.25) is 0 Å². The highest BCUT2D eigenvalue weighted by molar-refractivity contribution is 4.64. The molecular formula is C15H30. The van der Waals surface area contributed by atoms with E-state index < -0.39 is 12.7 Å². The van der Waals surface area contributed by atoms with E-state index in [0.29, 0.717) is 11.8 Å². The van der Waals surface area contributed by atoms with Crippen LogP contribution in [0.1, 0.15) is 89.9 Å². The van der Waals surface area contributed by atoms with E-state index >= 15 is 0 Å². The van der Waals surface area contributed by atoms with Gasteiger partial charge >= 0.3 is 0 Å². The Hall–Kier alpha value is 0. The maximum absolute atomic E-state index is 7.49. The highest BCUT2D eigenvalue weighted by atomic mass is 14.2. The van der Waals surface area contributed by atoms with Gasteiger partial charge in [-0.25, -0.2) is 0 Å². The molecule has 0 N–H and O–H groups in total. The molecule has 2 rings (SSSR count). The fraction of sp³-hybridized carbons (Fsp3) is 1.00. The van der Waals surface area contributed by atoms with E-state index in [-0.39, 0.29) is 0 Å². The van der Waals surface area contributed by atoms with Crippen LogP contribution in [0.4, 0.5) is 0 Å². The minimum absolute atomic E-state index is 0.334. The Morgan fingerprint density at radius 3 is 1.33 bits per heavy atom. The van der Waals surface area contributed by atoms with Gasteiger partial charge in [-0.15, -0.1) is 0 Å². The third kappa shape index (κ3) is 5.58. The molecule has 90 valence electrons. The molecule has 0 amide bonds. The van der Waals surface area contributed by atoms with Crippen LogP contribution < -0.4 is 0 Å². The summed E-state index contributed by atoms with van der Waals surface area (Å²) in [5.41, 5.74) is 0. The van der Waals surface area contributed by atoms with Gasteiger partial charge in [-0.3, -0.25) is 0 Å². The Bertz CT molecular complexity index is 240. The van der Waals surface area contributed by atoms with E-state index in [1.807, 2.05) is 0 Å². The Balaban J connectivity index is 0.000000191. The number of hydrogen-bond acceptors (Lipinski definition) is 0. The van der Waals surface area contributed by atoms with Gasteiger partial charge in [0.15, 0.2) is 0 Å². The van der Waals surface area contributed by atoms with Crippen molar-refractivity contribution in [1.29, 1.82) is 0 Å². The molecule has 15 heavy (non-hydrogen) atoms. The molecule has 0 heteroatoms. The molecule has 0 saturated heterocycles. The topological polar surface area (TPSA) is 0 Å².